The molecule has 186 valence electrons. The first-order chi connectivity index (χ1) is 15.8. The molecular weight excluding hydrogens is 539 g/mol. The summed E-state index contributed by atoms with van der Waals surface area (Å²) >= 11 is 15.7. The van der Waals surface area contributed by atoms with Gasteiger partial charge in [-0.15, -0.1) is 0 Å². The fourth-order valence-electron chi connectivity index (χ4n) is 3.18. The molecule has 0 aromatic heterocycles. The number of hydrogen-bond acceptors (Lipinski definition) is 3. The van der Waals surface area contributed by atoms with E-state index in [4.69, 9.17) is 27.9 Å². The highest BCUT2D eigenvalue weighted by Gasteiger charge is 2.27. The molecule has 0 spiro atoms. The second kappa shape index (κ2) is 12.3. The molecule has 0 heterocycles. The number of rotatable bonds is 9. The van der Waals surface area contributed by atoms with E-state index in [-0.39, 0.29) is 30.4 Å². The topological polar surface area (TPSA) is 58.6 Å². The number of carbonyl (C=O) groups excluding carboxylic acids is 2. The molecule has 2 rings (SSSR count). The van der Waals surface area contributed by atoms with Crippen LogP contribution in [0.2, 0.25) is 10.0 Å². The van der Waals surface area contributed by atoms with Crippen LogP contribution in [0.25, 0.3) is 0 Å². The Balaban J connectivity index is 2.20. The van der Waals surface area contributed by atoms with Gasteiger partial charge in [-0.1, -0.05) is 70.0 Å². The summed E-state index contributed by atoms with van der Waals surface area (Å²) in [5.41, 5.74) is 1.91. The van der Waals surface area contributed by atoms with Gasteiger partial charge in [-0.25, -0.2) is 0 Å². The fraction of sp³-hybridized carbons (Fsp3) is 0.462. The van der Waals surface area contributed by atoms with Crippen LogP contribution in [0, 0.1) is 5.92 Å². The molecule has 0 saturated heterocycles. The summed E-state index contributed by atoms with van der Waals surface area (Å²) < 4.78 is 6.61. The minimum atomic E-state index is -0.698. The first kappa shape index (κ1) is 28.5. The number of nitrogens with zero attached hydrogens (tertiary/aromatic N) is 1. The van der Waals surface area contributed by atoms with E-state index >= 15 is 0 Å². The molecule has 5 nitrogen and oxygen atoms in total. The van der Waals surface area contributed by atoms with Crippen molar-refractivity contribution in [2.45, 2.75) is 59.5 Å². The standard InChI is InChI=1S/C26H33BrCl2N2O3/c1-16(2)13-30-25(33)17(3)31(14-18-7-9-21(28)22(29)11-18)24(32)15-34-23-10-8-19(12-20(23)27)26(4,5)6/h7-12,16-17H,13-15H2,1-6H3,(H,30,33). The normalized spacial score (nSPS) is 12.4. The van der Waals surface area contributed by atoms with Crippen LogP contribution in [-0.2, 0) is 21.5 Å². The Morgan fingerprint density at radius 3 is 2.29 bits per heavy atom. The first-order valence-electron chi connectivity index (χ1n) is 11.2. The second-order valence-electron chi connectivity index (χ2n) is 9.77. The number of halogens is 3. The molecule has 2 amide bonds. The Hall–Kier alpha value is -1.76. The molecule has 0 radical (unpaired) electrons. The zero-order chi connectivity index (χ0) is 25.6. The van der Waals surface area contributed by atoms with Gasteiger partial charge in [-0.3, -0.25) is 9.59 Å². The minimum Gasteiger partial charge on any atom is -0.483 e. The predicted octanol–water partition coefficient (Wildman–Crippen LogP) is 6.62. The summed E-state index contributed by atoms with van der Waals surface area (Å²) in [6.45, 7) is 12.6. The van der Waals surface area contributed by atoms with E-state index < -0.39 is 6.04 Å². The lowest BCUT2D eigenvalue weighted by Gasteiger charge is -2.29. The number of ether oxygens (including phenoxy) is 1. The van der Waals surface area contributed by atoms with E-state index in [9.17, 15) is 9.59 Å². The summed E-state index contributed by atoms with van der Waals surface area (Å²) in [7, 11) is 0. The highest BCUT2D eigenvalue weighted by molar-refractivity contribution is 9.10. The Bertz CT molecular complexity index is 1020. The maximum atomic E-state index is 13.2. The number of amides is 2. The van der Waals surface area contributed by atoms with Crippen molar-refractivity contribution < 1.29 is 14.3 Å². The number of nitrogens with one attached hydrogen (secondary N) is 1. The van der Waals surface area contributed by atoms with Crippen molar-refractivity contribution in [2.75, 3.05) is 13.2 Å². The van der Waals surface area contributed by atoms with Crippen LogP contribution >= 0.6 is 39.1 Å². The first-order valence-corrected chi connectivity index (χ1v) is 12.8. The van der Waals surface area contributed by atoms with Crippen LogP contribution in [-0.4, -0.2) is 35.9 Å². The smallest absolute Gasteiger partial charge is 0.261 e. The molecule has 2 aromatic carbocycles. The van der Waals surface area contributed by atoms with E-state index in [1.54, 1.807) is 25.1 Å². The van der Waals surface area contributed by atoms with Crippen LogP contribution in [0.4, 0.5) is 0 Å². The lowest BCUT2D eigenvalue weighted by molar-refractivity contribution is -0.142. The van der Waals surface area contributed by atoms with E-state index in [1.165, 1.54) is 4.90 Å². The molecule has 0 bridgehead atoms. The van der Waals surface area contributed by atoms with Gasteiger partial charge in [0.1, 0.15) is 11.8 Å². The van der Waals surface area contributed by atoms with Crippen molar-refractivity contribution in [1.82, 2.24) is 10.2 Å². The van der Waals surface area contributed by atoms with Gasteiger partial charge in [0.15, 0.2) is 6.61 Å². The van der Waals surface area contributed by atoms with Gasteiger partial charge in [-0.2, -0.15) is 0 Å². The Morgan fingerprint density at radius 2 is 1.74 bits per heavy atom. The summed E-state index contributed by atoms with van der Waals surface area (Å²) in [5.74, 6) is 0.322. The van der Waals surface area contributed by atoms with Crippen molar-refractivity contribution in [3.63, 3.8) is 0 Å². The van der Waals surface area contributed by atoms with E-state index in [0.29, 0.717) is 28.3 Å². The fourth-order valence-corrected chi connectivity index (χ4v) is 3.99. The molecule has 0 saturated carbocycles. The third kappa shape index (κ3) is 8.17. The Kier molecular flexibility index (Phi) is 10.3. The van der Waals surface area contributed by atoms with Crippen molar-refractivity contribution in [3.05, 3.63) is 62.0 Å². The van der Waals surface area contributed by atoms with Crippen molar-refractivity contribution in [1.29, 1.82) is 0 Å². The zero-order valence-electron chi connectivity index (χ0n) is 20.5. The summed E-state index contributed by atoms with van der Waals surface area (Å²) in [6, 6.07) is 10.3. The van der Waals surface area contributed by atoms with Gasteiger partial charge in [0.25, 0.3) is 5.91 Å². The van der Waals surface area contributed by atoms with Gasteiger partial charge in [0.2, 0.25) is 5.91 Å². The molecule has 8 heteroatoms. The molecule has 1 N–H and O–H groups in total. The third-order valence-corrected chi connectivity index (χ3v) is 6.70. The Morgan fingerprint density at radius 1 is 1.06 bits per heavy atom. The van der Waals surface area contributed by atoms with Gasteiger partial charge < -0.3 is 15.0 Å². The summed E-state index contributed by atoms with van der Waals surface area (Å²) in [6.07, 6.45) is 0. The molecule has 2 aromatic rings. The van der Waals surface area contributed by atoms with Gasteiger partial charge in [0, 0.05) is 13.1 Å². The van der Waals surface area contributed by atoms with Crippen LogP contribution in [0.1, 0.15) is 52.7 Å². The van der Waals surface area contributed by atoms with E-state index in [2.05, 4.69) is 42.0 Å². The summed E-state index contributed by atoms with van der Waals surface area (Å²) in [4.78, 5) is 27.5. The number of carbonyl (C=O) groups is 2. The van der Waals surface area contributed by atoms with Gasteiger partial charge >= 0.3 is 0 Å². The second-order valence-corrected chi connectivity index (χ2v) is 11.4. The maximum absolute atomic E-state index is 13.2. The van der Waals surface area contributed by atoms with Crippen LogP contribution in [0.5, 0.6) is 5.75 Å². The molecule has 34 heavy (non-hydrogen) atoms. The largest absolute Gasteiger partial charge is 0.483 e. The summed E-state index contributed by atoms with van der Waals surface area (Å²) in [5, 5.41) is 3.72. The predicted molar refractivity (Wildman–Crippen MR) is 143 cm³/mol. The number of hydrogen-bond donors (Lipinski definition) is 1. The molecular formula is C26H33BrCl2N2O3. The lowest BCUT2D eigenvalue weighted by Crippen LogP contribution is -2.49. The average molecular weight is 572 g/mol. The molecule has 0 aliphatic carbocycles. The molecule has 0 aliphatic rings. The monoisotopic (exact) mass is 570 g/mol. The van der Waals surface area contributed by atoms with Gasteiger partial charge in [-0.05, 0) is 69.6 Å². The quantitative estimate of drug-likeness (QED) is 0.368. The molecule has 0 fully saturated rings. The van der Waals surface area contributed by atoms with Crippen molar-refractivity contribution in [3.8, 4) is 5.75 Å². The molecule has 1 atom stereocenters. The molecule has 0 aliphatic heterocycles. The van der Waals surface area contributed by atoms with Crippen LogP contribution in [0.3, 0.4) is 0 Å². The van der Waals surface area contributed by atoms with Crippen LogP contribution in [0.15, 0.2) is 40.9 Å². The van der Waals surface area contributed by atoms with Gasteiger partial charge in [0.05, 0.1) is 14.5 Å². The highest BCUT2D eigenvalue weighted by atomic mass is 79.9. The third-order valence-electron chi connectivity index (χ3n) is 5.34. The molecule has 1 unspecified atom stereocenters. The van der Waals surface area contributed by atoms with Crippen molar-refractivity contribution >= 4 is 50.9 Å². The number of benzene rings is 2. The zero-order valence-corrected chi connectivity index (χ0v) is 23.6. The van der Waals surface area contributed by atoms with E-state index in [0.717, 1.165) is 15.6 Å². The van der Waals surface area contributed by atoms with Crippen LogP contribution < -0.4 is 10.1 Å². The lowest BCUT2D eigenvalue weighted by atomic mass is 9.87. The Labute approximate surface area is 221 Å². The minimum absolute atomic E-state index is 0.00764. The maximum Gasteiger partial charge on any atom is 0.261 e. The average Bonchev–Trinajstić information content (AvgIpc) is 2.75. The van der Waals surface area contributed by atoms with E-state index in [1.807, 2.05) is 32.0 Å². The highest BCUT2D eigenvalue weighted by Crippen LogP contribution is 2.31. The SMILES string of the molecule is CC(C)CNC(=O)C(C)N(Cc1ccc(Cl)c(Cl)c1)C(=O)COc1ccc(C(C)(C)C)cc1Br. The van der Waals surface area contributed by atoms with Crippen molar-refractivity contribution in [2.24, 2.45) is 5.92 Å².